The molecule has 5 nitrogen and oxygen atoms in total. The molecule has 2 rings (SSSR count). The molecule has 0 saturated heterocycles. The summed E-state index contributed by atoms with van der Waals surface area (Å²) in [4.78, 5) is 12.4. The highest BCUT2D eigenvalue weighted by atomic mass is 35.5. The van der Waals surface area contributed by atoms with E-state index in [2.05, 4.69) is 15.0 Å². The summed E-state index contributed by atoms with van der Waals surface area (Å²) in [5.74, 6) is 1.95. The van der Waals surface area contributed by atoms with Gasteiger partial charge in [-0.25, -0.2) is 4.98 Å². The van der Waals surface area contributed by atoms with Gasteiger partial charge in [-0.1, -0.05) is 11.6 Å². The predicted octanol–water partition coefficient (Wildman–Crippen LogP) is 2.79. The standard InChI is InChI=1S/C13H15ClN4O/c1-4-19-11-5-7(2)9(6-10(11)14)12-16-8(3)17-13(15)18-12/h5-6H,4H2,1-3H3,(H2,15,16,17,18). The summed E-state index contributed by atoms with van der Waals surface area (Å²) in [6.45, 7) is 6.20. The molecule has 2 N–H and O–H groups in total. The monoisotopic (exact) mass is 278 g/mol. The Morgan fingerprint density at radius 2 is 1.95 bits per heavy atom. The van der Waals surface area contributed by atoms with Crippen LogP contribution in [0.15, 0.2) is 12.1 Å². The Kier molecular flexibility index (Phi) is 3.85. The molecule has 19 heavy (non-hydrogen) atoms. The minimum absolute atomic E-state index is 0.201. The fraction of sp³-hybridized carbons (Fsp3) is 0.308. The van der Waals surface area contributed by atoms with Crippen LogP contribution in [0.25, 0.3) is 11.4 Å². The highest BCUT2D eigenvalue weighted by Crippen LogP contribution is 2.32. The van der Waals surface area contributed by atoms with Gasteiger partial charge in [0.25, 0.3) is 0 Å². The molecule has 6 heteroatoms. The third kappa shape index (κ3) is 2.93. The fourth-order valence-corrected chi connectivity index (χ4v) is 2.00. The van der Waals surface area contributed by atoms with Gasteiger partial charge in [0.2, 0.25) is 5.95 Å². The van der Waals surface area contributed by atoms with Crippen LogP contribution in [0.3, 0.4) is 0 Å². The van der Waals surface area contributed by atoms with Crippen molar-refractivity contribution in [3.05, 3.63) is 28.5 Å². The summed E-state index contributed by atoms with van der Waals surface area (Å²) in [5.41, 5.74) is 7.44. The first-order valence-corrected chi connectivity index (χ1v) is 6.30. The Bertz CT molecular complexity index is 596. The lowest BCUT2D eigenvalue weighted by molar-refractivity contribution is 0.340. The van der Waals surface area contributed by atoms with Crippen molar-refractivity contribution >= 4 is 17.5 Å². The number of hydrogen-bond donors (Lipinski definition) is 1. The third-order valence-corrected chi connectivity index (χ3v) is 2.88. The number of aromatic nitrogens is 3. The van der Waals surface area contributed by atoms with E-state index < -0.39 is 0 Å². The zero-order valence-corrected chi connectivity index (χ0v) is 11.8. The fourth-order valence-electron chi connectivity index (χ4n) is 1.79. The molecule has 1 aromatic carbocycles. The van der Waals surface area contributed by atoms with Crippen LogP contribution in [0, 0.1) is 13.8 Å². The Morgan fingerprint density at radius 1 is 1.21 bits per heavy atom. The van der Waals surface area contributed by atoms with Gasteiger partial charge in [0.05, 0.1) is 11.6 Å². The maximum atomic E-state index is 6.18. The van der Waals surface area contributed by atoms with Gasteiger partial charge in [-0.2, -0.15) is 9.97 Å². The van der Waals surface area contributed by atoms with Crippen LogP contribution in [-0.2, 0) is 0 Å². The number of hydrogen-bond acceptors (Lipinski definition) is 5. The molecule has 0 aliphatic carbocycles. The molecule has 1 heterocycles. The molecule has 0 spiro atoms. The van der Waals surface area contributed by atoms with Crippen molar-refractivity contribution in [2.75, 3.05) is 12.3 Å². The van der Waals surface area contributed by atoms with Gasteiger partial charge in [-0.3, -0.25) is 0 Å². The SMILES string of the molecule is CCOc1cc(C)c(-c2nc(C)nc(N)n2)cc1Cl. The van der Waals surface area contributed by atoms with E-state index in [1.807, 2.05) is 19.9 Å². The van der Waals surface area contributed by atoms with Crippen LogP contribution in [-0.4, -0.2) is 21.6 Å². The van der Waals surface area contributed by atoms with E-state index in [9.17, 15) is 0 Å². The Hall–Kier alpha value is -1.88. The van der Waals surface area contributed by atoms with Gasteiger partial charge < -0.3 is 10.5 Å². The second-order valence-corrected chi connectivity index (χ2v) is 4.50. The second-order valence-electron chi connectivity index (χ2n) is 4.09. The first kappa shape index (κ1) is 13.5. The lowest BCUT2D eigenvalue weighted by Crippen LogP contribution is -2.03. The average molecular weight is 279 g/mol. The number of rotatable bonds is 3. The number of aryl methyl sites for hydroxylation is 2. The number of nitrogens with two attached hydrogens (primary N) is 1. The number of ether oxygens (including phenoxy) is 1. The topological polar surface area (TPSA) is 73.9 Å². The van der Waals surface area contributed by atoms with Crippen LogP contribution in [0.2, 0.25) is 5.02 Å². The molecule has 2 aromatic rings. The lowest BCUT2D eigenvalue weighted by atomic mass is 10.1. The molecule has 0 aliphatic heterocycles. The van der Waals surface area contributed by atoms with Crippen LogP contribution in [0.4, 0.5) is 5.95 Å². The summed E-state index contributed by atoms with van der Waals surface area (Å²) in [5, 5.41) is 0.527. The van der Waals surface area contributed by atoms with Gasteiger partial charge in [0.15, 0.2) is 5.82 Å². The second kappa shape index (κ2) is 5.40. The number of anilines is 1. The predicted molar refractivity (Wildman–Crippen MR) is 75.3 cm³/mol. The summed E-state index contributed by atoms with van der Waals surface area (Å²) in [6, 6.07) is 3.66. The molecule has 0 amide bonds. The van der Waals surface area contributed by atoms with Crippen LogP contribution >= 0.6 is 11.6 Å². The van der Waals surface area contributed by atoms with E-state index in [1.165, 1.54) is 0 Å². The van der Waals surface area contributed by atoms with Crippen LogP contribution in [0.1, 0.15) is 18.3 Å². The van der Waals surface area contributed by atoms with Crippen LogP contribution in [0.5, 0.6) is 5.75 Å². The number of halogens is 1. The Balaban J connectivity index is 2.53. The summed E-state index contributed by atoms with van der Waals surface area (Å²) < 4.78 is 5.45. The van der Waals surface area contributed by atoms with Crippen LogP contribution < -0.4 is 10.5 Å². The maximum Gasteiger partial charge on any atom is 0.223 e. The molecule has 0 saturated carbocycles. The van der Waals surface area contributed by atoms with E-state index >= 15 is 0 Å². The molecule has 0 unspecified atom stereocenters. The summed E-state index contributed by atoms with van der Waals surface area (Å²) in [6.07, 6.45) is 0. The molecule has 100 valence electrons. The molecular weight excluding hydrogens is 264 g/mol. The van der Waals surface area contributed by atoms with Crippen molar-refractivity contribution in [2.45, 2.75) is 20.8 Å². The molecular formula is C13H15ClN4O. The highest BCUT2D eigenvalue weighted by molar-refractivity contribution is 6.32. The van der Waals surface area contributed by atoms with Crippen molar-refractivity contribution in [1.29, 1.82) is 0 Å². The molecule has 1 aromatic heterocycles. The lowest BCUT2D eigenvalue weighted by Gasteiger charge is -2.11. The zero-order chi connectivity index (χ0) is 14.0. The molecule has 0 radical (unpaired) electrons. The van der Waals surface area contributed by atoms with Gasteiger partial charge in [0, 0.05) is 5.56 Å². The average Bonchev–Trinajstić information content (AvgIpc) is 2.32. The normalized spacial score (nSPS) is 10.5. The van der Waals surface area contributed by atoms with E-state index in [0.29, 0.717) is 29.0 Å². The molecule has 0 aliphatic rings. The van der Waals surface area contributed by atoms with Gasteiger partial charge in [-0.05, 0) is 38.5 Å². The van der Waals surface area contributed by atoms with Crippen molar-refractivity contribution in [3.8, 4) is 17.1 Å². The van der Waals surface area contributed by atoms with E-state index in [4.69, 9.17) is 22.1 Å². The summed E-state index contributed by atoms with van der Waals surface area (Å²) >= 11 is 6.18. The minimum Gasteiger partial charge on any atom is -0.492 e. The van der Waals surface area contributed by atoms with Crippen molar-refractivity contribution in [3.63, 3.8) is 0 Å². The number of benzene rings is 1. The minimum atomic E-state index is 0.201. The molecule has 0 atom stereocenters. The number of nitrogen functional groups attached to an aromatic ring is 1. The Labute approximate surface area is 116 Å². The third-order valence-electron chi connectivity index (χ3n) is 2.58. The smallest absolute Gasteiger partial charge is 0.223 e. The highest BCUT2D eigenvalue weighted by Gasteiger charge is 2.12. The van der Waals surface area contributed by atoms with E-state index in [0.717, 1.165) is 11.1 Å². The largest absolute Gasteiger partial charge is 0.492 e. The quantitative estimate of drug-likeness (QED) is 0.934. The van der Waals surface area contributed by atoms with Gasteiger partial charge >= 0.3 is 0 Å². The van der Waals surface area contributed by atoms with Gasteiger partial charge in [-0.15, -0.1) is 0 Å². The molecule has 0 fully saturated rings. The van der Waals surface area contributed by atoms with Crippen molar-refractivity contribution < 1.29 is 4.74 Å². The zero-order valence-electron chi connectivity index (χ0n) is 11.1. The maximum absolute atomic E-state index is 6.18. The molecule has 0 bridgehead atoms. The van der Waals surface area contributed by atoms with E-state index in [-0.39, 0.29) is 5.95 Å². The van der Waals surface area contributed by atoms with E-state index in [1.54, 1.807) is 13.0 Å². The first-order chi connectivity index (χ1) is 9.01. The number of nitrogens with zero attached hydrogens (tertiary/aromatic N) is 3. The Morgan fingerprint density at radius 3 is 2.58 bits per heavy atom. The van der Waals surface area contributed by atoms with Gasteiger partial charge in [0.1, 0.15) is 11.6 Å². The first-order valence-electron chi connectivity index (χ1n) is 5.92. The van der Waals surface area contributed by atoms with Crippen molar-refractivity contribution in [2.24, 2.45) is 0 Å². The summed E-state index contributed by atoms with van der Waals surface area (Å²) in [7, 11) is 0. The van der Waals surface area contributed by atoms with Crippen molar-refractivity contribution in [1.82, 2.24) is 15.0 Å².